The minimum absolute atomic E-state index is 0.174. The van der Waals surface area contributed by atoms with E-state index in [0.29, 0.717) is 22.7 Å². The van der Waals surface area contributed by atoms with Crippen LogP contribution in [0.2, 0.25) is 0 Å². The van der Waals surface area contributed by atoms with Gasteiger partial charge in [0, 0.05) is 22.7 Å². The van der Waals surface area contributed by atoms with Crippen LogP contribution >= 0.6 is 11.8 Å². The number of halogens is 1. The zero-order valence-electron chi connectivity index (χ0n) is 13.5. The Morgan fingerprint density at radius 3 is 2.41 bits per heavy atom. The van der Waals surface area contributed by atoms with Crippen LogP contribution in [-0.2, 0) is 14.6 Å². The topological polar surface area (TPSA) is 96.1 Å². The Bertz CT molecular complexity index is 1230. The normalized spacial score (nSPS) is 16.6. The smallest absolute Gasteiger partial charge is 0.290 e. The van der Waals surface area contributed by atoms with Gasteiger partial charge >= 0.3 is 0 Å². The van der Waals surface area contributed by atoms with Crippen molar-refractivity contribution in [3.63, 3.8) is 0 Å². The van der Waals surface area contributed by atoms with Crippen molar-refractivity contribution in [2.45, 2.75) is 4.90 Å². The second-order valence-corrected chi connectivity index (χ2v) is 8.57. The summed E-state index contributed by atoms with van der Waals surface area (Å²) in [5.41, 5.74) is 0.958. The molecule has 6 nitrogen and oxygen atoms in total. The van der Waals surface area contributed by atoms with Crippen LogP contribution in [0.1, 0.15) is 5.56 Å². The fourth-order valence-corrected chi connectivity index (χ4v) is 5.53. The monoisotopic (exact) mass is 402 g/mol. The molecule has 2 N–H and O–H groups in total. The molecule has 9 heteroatoms. The average Bonchev–Trinajstić information content (AvgIpc) is 3.22. The third kappa shape index (κ3) is 2.94. The number of aromatic nitrogens is 1. The number of rotatable bonds is 3. The van der Waals surface area contributed by atoms with Gasteiger partial charge in [0.05, 0.1) is 9.80 Å². The van der Waals surface area contributed by atoms with Gasteiger partial charge in [0.1, 0.15) is 10.7 Å². The second kappa shape index (κ2) is 6.36. The van der Waals surface area contributed by atoms with Crippen molar-refractivity contribution in [2.75, 3.05) is 0 Å². The highest BCUT2D eigenvalue weighted by molar-refractivity contribution is 8.19. The molecule has 1 aromatic heterocycles. The first-order valence-corrected chi connectivity index (χ1v) is 10.0. The Labute approximate surface area is 157 Å². The van der Waals surface area contributed by atoms with E-state index >= 15 is 0 Å². The van der Waals surface area contributed by atoms with Gasteiger partial charge in [-0.1, -0.05) is 12.1 Å². The molecule has 4 rings (SSSR count). The Kier molecular flexibility index (Phi) is 4.12. The third-order valence-electron chi connectivity index (χ3n) is 4.06. The number of amides is 2. The van der Waals surface area contributed by atoms with E-state index < -0.39 is 26.8 Å². The van der Waals surface area contributed by atoms with Gasteiger partial charge in [-0.3, -0.25) is 14.9 Å². The lowest BCUT2D eigenvalue weighted by Crippen LogP contribution is -2.19. The molecule has 0 unspecified atom stereocenters. The van der Waals surface area contributed by atoms with Crippen LogP contribution in [-0.4, -0.2) is 24.5 Å². The number of carbonyl (C=O) groups excluding carboxylic acids is 2. The molecule has 0 spiro atoms. The van der Waals surface area contributed by atoms with Crippen LogP contribution in [0, 0.1) is 5.82 Å². The Morgan fingerprint density at radius 2 is 1.74 bits per heavy atom. The zero-order chi connectivity index (χ0) is 19.2. The van der Waals surface area contributed by atoms with Gasteiger partial charge in [-0.25, -0.2) is 12.8 Å². The molecule has 0 atom stereocenters. The van der Waals surface area contributed by atoms with Crippen LogP contribution in [0.3, 0.4) is 0 Å². The molecule has 1 saturated heterocycles. The lowest BCUT2D eigenvalue weighted by Gasteiger charge is -2.13. The van der Waals surface area contributed by atoms with Gasteiger partial charge in [-0.2, -0.15) is 0 Å². The number of thioether (sulfide) groups is 1. The van der Waals surface area contributed by atoms with Crippen molar-refractivity contribution in [1.82, 2.24) is 10.3 Å². The number of carbonyl (C=O) groups is 2. The highest BCUT2D eigenvalue weighted by Crippen LogP contribution is 2.40. The van der Waals surface area contributed by atoms with E-state index in [9.17, 15) is 22.4 Å². The number of imide groups is 1. The van der Waals surface area contributed by atoms with E-state index in [1.165, 1.54) is 0 Å². The summed E-state index contributed by atoms with van der Waals surface area (Å²) in [4.78, 5) is 26.2. The Morgan fingerprint density at radius 1 is 1.00 bits per heavy atom. The lowest BCUT2D eigenvalue weighted by molar-refractivity contribution is -0.115. The molecule has 3 aromatic rings. The summed E-state index contributed by atoms with van der Waals surface area (Å²) in [7, 11) is -4.21. The number of sulfone groups is 1. The maximum Gasteiger partial charge on any atom is 0.290 e. The van der Waals surface area contributed by atoms with Crippen molar-refractivity contribution in [2.24, 2.45) is 0 Å². The van der Waals surface area contributed by atoms with Crippen molar-refractivity contribution in [1.29, 1.82) is 0 Å². The molecule has 1 aliphatic heterocycles. The van der Waals surface area contributed by atoms with Crippen LogP contribution in [0.4, 0.5) is 9.18 Å². The van der Waals surface area contributed by atoms with E-state index in [4.69, 9.17) is 0 Å². The van der Waals surface area contributed by atoms with Crippen LogP contribution in [0.5, 0.6) is 0 Å². The quantitative estimate of drug-likeness (QED) is 0.517. The first kappa shape index (κ1) is 17.5. The molecule has 136 valence electrons. The molecule has 2 amide bonds. The number of H-pyrrole nitrogens is 1. The Balaban J connectivity index is 2.05. The van der Waals surface area contributed by atoms with Gasteiger partial charge in [0.15, 0.2) is 0 Å². The first-order chi connectivity index (χ1) is 12.9. The van der Waals surface area contributed by atoms with Gasteiger partial charge in [0.25, 0.3) is 11.1 Å². The summed E-state index contributed by atoms with van der Waals surface area (Å²) in [5, 5.41) is 2.02. The van der Waals surface area contributed by atoms with E-state index in [2.05, 4.69) is 10.3 Å². The van der Waals surface area contributed by atoms with Gasteiger partial charge in [-0.15, -0.1) is 0 Å². The highest BCUT2D eigenvalue weighted by atomic mass is 32.2. The number of hydrogen-bond donors (Lipinski definition) is 2. The molecular formula is C18H11FN2O4S2. The van der Waals surface area contributed by atoms with Crippen molar-refractivity contribution < 1.29 is 22.4 Å². The summed E-state index contributed by atoms with van der Waals surface area (Å²) < 4.78 is 40.0. The molecule has 27 heavy (non-hydrogen) atoms. The minimum atomic E-state index is -4.21. The molecule has 0 aliphatic carbocycles. The number of nitrogens with one attached hydrogen (secondary N) is 2. The van der Waals surface area contributed by atoms with Crippen LogP contribution < -0.4 is 5.32 Å². The lowest BCUT2D eigenvalue weighted by atomic mass is 10.1. The van der Waals surface area contributed by atoms with E-state index in [0.717, 1.165) is 24.3 Å². The SMILES string of the molecule is O=C1NC(=O)C(=C(c2cccc3[nH]ccc23)S(=O)(=O)c2ccc(F)cc2)S1. The fourth-order valence-electron chi connectivity index (χ4n) is 2.87. The maximum atomic E-state index is 13.4. The van der Waals surface area contributed by atoms with Gasteiger partial charge in [0.2, 0.25) is 9.84 Å². The summed E-state index contributed by atoms with van der Waals surface area (Å²) in [5.74, 6) is -1.36. The molecule has 1 aliphatic rings. The van der Waals surface area contributed by atoms with Crippen LogP contribution in [0.15, 0.2) is 64.5 Å². The van der Waals surface area contributed by atoms with Gasteiger partial charge in [-0.05, 0) is 48.2 Å². The summed E-state index contributed by atoms with van der Waals surface area (Å²) in [6.07, 6.45) is 1.65. The van der Waals surface area contributed by atoms with E-state index in [1.54, 1.807) is 30.5 Å². The second-order valence-electron chi connectivity index (χ2n) is 5.70. The standard InChI is InChI=1S/C18H11FN2O4S2/c19-10-4-6-11(7-5-10)27(24,25)16(15-17(22)21-18(23)26-15)13-2-1-3-14-12(13)8-9-20-14/h1-9,20H,(H,21,22,23). The number of fused-ring (bicyclic) bond motifs is 1. The summed E-state index contributed by atoms with van der Waals surface area (Å²) in [6.45, 7) is 0. The molecule has 0 bridgehead atoms. The third-order valence-corrected chi connectivity index (χ3v) is 6.92. The predicted octanol–water partition coefficient (Wildman–Crippen LogP) is 3.43. The summed E-state index contributed by atoms with van der Waals surface area (Å²) >= 11 is 0.529. The number of aromatic amines is 1. The Hall–Kier alpha value is -2.91. The molecular weight excluding hydrogens is 391 g/mol. The van der Waals surface area contributed by atoms with E-state index in [-0.39, 0.29) is 20.3 Å². The molecule has 2 heterocycles. The average molecular weight is 402 g/mol. The first-order valence-electron chi connectivity index (χ1n) is 7.72. The number of benzene rings is 2. The van der Waals surface area contributed by atoms with Crippen molar-refractivity contribution >= 4 is 48.6 Å². The molecule has 1 fully saturated rings. The summed E-state index contributed by atoms with van der Waals surface area (Å²) in [6, 6.07) is 11.0. The maximum absolute atomic E-state index is 13.4. The fraction of sp³-hybridized carbons (Fsp3) is 0. The predicted molar refractivity (Wildman–Crippen MR) is 99.9 cm³/mol. The highest BCUT2D eigenvalue weighted by Gasteiger charge is 2.36. The van der Waals surface area contributed by atoms with E-state index in [1.807, 2.05) is 0 Å². The zero-order valence-corrected chi connectivity index (χ0v) is 15.2. The molecule has 2 aromatic carbocycles. The largest absolute Gasteiger partial charge is 0.361 e. The van der Waals surface area contributed by atoms with Crippen molar-refractivity contribution in [3.05, 3.63) is 71.0 Å². The van der Waals surface area contributed by atoms with Crippen molar-refractivity contribution in [3.8, 4) is 0 Å². The number of hydrogen-bond acceptors (Lipinski definition) is 5. The van der Waals surface area contributed by atoms with Gasteiger partial charge < -0.3 is 4.98 Å². The minimum Gasteiger partial charge on any atom is -0.361 e. The molecule has 0 saturated carbocycles. The molecule has 0 radical (unpaired) electrons. The van der Waals surface area contributed by atoms with Crippen LogP contribution in [0.25, 0.3) is 15.8 Å².